The van der Waals surface area contributed by atoms with Gasteiger partial charge in [0.15, 0.2) is 0 Å². The molecule has 19 heavy (non-hydrogen) atoms. The van der Waals surface area contributed by atoms with Gasteiger partial charge >= 0.3 is 0 Å². The lowest BCUT2D eigenvalue weighted by Crippen LogP contribution is -2.13. The van der Waals surface area contributed by atoms with E-state index in [-0.39, 0.29) is 0 Å². The molecule has 0 saturated carbocycles. The average molecular weight is 311 g/mol. The molecule has 0 aromatic heterocycles. The van der Waals surface area contributed by atoms with Crippen LogP contribution in [0.2, 0.25) is 10.0 Å². The van der Waals surface area contributed by atoms with Gasteiger partial charge in [0.05, 0.1) is 5.02 Å². The van der Waals surface area contributed by atoms with E-state index in [1.54, 1.807) is 6.07 Å². The van der Waals surface area contributed by atoms with Gasteiger partial charge in [0.25, 0.3) is 0 Å². The number of benzene rings is 2. The van der Waals surface area contributed by atoms with Crippen LogP contribution in [0.3, 0.4) is 0 Å². The first-order valence-electron chi connectivity index (χ1n) is 6.05. The average Bonchev–Trinajstić information content (AvgIpc) is 2.83. The van der Waals surface area contributed by atoms with Crippen molar-refractivity contribution in [3.63, 3.8) is 0 Å². The summed E-state index contributed by atoms with van der Waals surface area (Å²) < 4.78 is 5.80. The first-order chi connectivity index (χ1) is 9.24. The van der Waals surface area contributed by atoms with E-state index in [0.717, 1.165) is 6.42 Å². The Balaban J connectivity index is 1.64. The number of fused-ring (bicyclic) bond motifs is 1. The first-order valence-corrected chi connectivity index (χ1v) is 7.69. The molecular weight excluding hydrogens is 299 g/mol. The van der Waals surface area contributed by atoms with Gasteiger partial charge in [-0.3, -0.25) is 0 Å². The van der Waals surface area contributed by atoms with Crippen LogP contribution in [-0.2, 0) is 6.42 Å². The minimum absolute atomic E-state index is 0.437. The summed E-state index contributed by atoms with van der Waals surface area (Å²) in [7, 11) is 0. The third kappa shape index (κ3) is 2.86. The zero-order chi connectivity index (χ0) is 13.2. The fourth-order valence-electron chi connectivity index (χ4n) is 2.13. The lowest BCUT2D eigenvalue weighted by Gasteiger charge is -2.12. The molecule has 0 radical (unpaired) electrons. The molecule has 2 aromatic carbocycles. The lowest BCUT2D eigenvalue weighted by molar-refractivity contribution is 0.318. The van der Waals surface area contributed by atoms with Crippen molar-refractivity contribution in [2.75, 3.05) is 6.61 Å². The second kappa shape index (κ2) is 5.66. The Morgan fingerprint density at radius 2 is 1.95 bits per heavy atom. The SMILES string of the molecule is Clc1cccc(OCC2Cc3ccccc3S2)c1Cl. The van der Waals surface area contributed by atoms with Crippen LogP contribution in [0.15, 0.2) is 47.4 Å². The molecule has 1 aliphatic rings. The second-order valence-electron chi connectivity index (χ2n) is 4.41. The van der Waals surface area contributed by atoms with Crippen LogP contribution in [-0.4, -0.2) is 11.9 Å². The largest absolute Gasteiger partial charge is 0.491 e. The molecule has 1 atom stereocenters. The van der Waals surface area contributed by atoms with Crippen molar-refractivity contribution in [3.8, 4) is 5.75 Å². The summed E-state index contributed by atoms with van der Waals surface area (Å²) in [6, 6.07) is 13.9. The molecule has 3 rings (SSSR count). The van der Waals surface area contributed by atoms with Gasteiger partial charge in [-0.15, -0.1) is 11.8 Å². The lowest BCUT2D eigenvalue weighted by atomic mass is 10.1. The number of hydrogen-bond donors (Lipinski definition) is 0. The van der Waals surface area contributed by atoms with Crippen molar-refractivity contribution < 1.29 is 4.74 Å². The summed E-state index contributed by atoms with van der Waals surface area (Å²) in [6.07, 6.45) is 1.04. The number of hydrogen-bond acceptors (Lipinski definition) is 2. The van der Waals surface area contributed by atoms with Gasteiger partial charge in [-0.2, -0.15) is 0 Å². The van der Waals surface area contributed by atoms with E-state index < -0.39 is 0 Å². The van der Waals surface area contributed by atoms with E-state index in [2.05, 4.69) is 24.3 Å². The van der Waals surface area contributed by atoms with Gasteiger partial charge in [0.1, 0.15) is 17.4 Å². The van der Waals surface area contributed by atoms with E-state index in [4.69, 9.17) is 27.9 Å². The van der Waals surface area contributed by atoms with Gasteiger partial charge in [0.2, 0.25) is 0 Å². The van der Waals surface area contributed by atoms with E-state index in [1.165, 1.54) is 10.5 Å². The van der Waals surface area contributed by atoms with Crippen molar-refractivity contribution in [1.29, 1.82) is 0 Å². The molecule has 1 nitrogen and oxygen atoms in total. The normalized spacial score (nSPS) is 17.3. The molecule has 0 fully saturated rings. The van der Waals surface area contributed by atoms with Gasteiger partial charge in [-0.05, 0) is 30.2 Å². The molecule has 0 bridgehead atoms. The van der Waals surface area contributed by atoms with Crippen LogP contribution < -0.4 is 4.74 Å². The third-order valence-corrected chi connectivity index (χ3v) is 5.14. The van der Waals surface area contributed by atoms with Crippen molar-refractivity contribution in [3.05, 3.63) is 58.1 Å². The molecule has 1 aliphatic heterocycles. The Labute approximate surface area is 126 Å². The summed E-state index contributed by atoms with van der Waals surface area (Å²) in [5.74, 6) is 0.658. The zero-order valence-corrected chi connectivity index (χ0v) is 12.4. The highest BCUT2D eigenvalue weighted by Crippen LogP contribution is 2.38. The van der Waals surface area contributed by atoms with Crippen LogP contribution in [0.5, 0.6) is 5.75 Å². The van der Waals surface area contributed by atoms with Crippen LogP contribution in [0.1, 0.15) is 5.56 Å². The third-order valence-electron chi connectivity index (χ3n) is 3.05. The monoisotopic (exact) mass is 310 g/mol. The number of ether oxygens (including phenoxy) is 1. The van der Waals surface area contributed by atoms with Gasteiger partial charge in [-0.25, -0.2) is 0 Å². The number of thioether (sulfide) groups is 1. The minimum atomic E-state index is 0.437. The molecule has 1 heterocycles. The maximum absolute atomic E-state index is 6.10. The smallest absolute Gasteiger partial charge is 0.139 e. The maximum atomic E-state index is 6.10. The summed E-state index contributed by atoms with van der Waals surface area (Å²) >= 11 is 13.9. The minimum Gasteiger partial charge on any atom is -0.491 e. The van der Waals surface area contributed by atoms with Crippen molar-refractivity contribution in [1.82, 2.24) is 0 Å². The highest BCUT2D eigenvalue weighted by Gasteiger charge is 2.22. The first kappa shape index (κ1) is 13.2. The number of halogens is 2. The Bertz CT molecular complexity index is 575. The summed E-state index contributed by atoms with van der Waals surface area (Å²) in [5.41, 5.74) is 1.40. The second-order valence-corrected chi connectivity index (χ2v) is 6.54. The van der Waals surface area contributed by atoms with Crippen LogP contribution in [0, 0.1) is 0 Å². The Hall–Kier alpha value is -0.830. The zero-order valence-electron chi connectivity index (χ0n) is 10.1. The topological polar surface area (TPSA) is 9.23 Å². The predicted molar refractivity (Wildman–Crippen MR) is 81.7 cm³/mol. The summed E-state index contributed by atoms with van der Waals surface area (Å²) in [4.78, 5) is 1.35. The molecule has 0 amide bonds. The molecule has 1 unspecified atom stereocenters. The van der Waals surface area contributed by atoms with Crippen LogP contribution >= 0.6 is 35.0 Å². The molecule has 0 N–H and O–H groups in total. The predicted octanol–water partition coefficient (Wildman–Crippen LogP) is 5.09. The molecular formula is C15H12Cl2OS. The number of rotatable bonds is 3. The Morgan fingerprint density at radius 3 is 2.79 bits per heavy atom. The van der Waals surface area contributed by atoms with E-state index >= 15 is 0 Å². The van der Waals surface area contributed by atoms with E-state index in [0.29, 0.717) is 27.7 Å². The summed E-state index contributed by atoms with van der Waals surface area (Å²) in [6.45, 7) is 0.638. The fraction of sp³-hybridized carbons (Fsp3) is 0.200. The fourth-order valence-corrected chi connectivity index (χ4v) is 3.69. The Morgan fingerprint density at radius 1 is 1.11 bits per heavy atom. The van der Waals surface area contributed by atoms with Gasteiger partial charge in [-0.1, -0.05) is 47.5 Å². The maximum Gasteiger partial charge on any atom is 0.139 e. The molecule has 0 spiro atoms. The van der Waals surface area contributed by atoms with Crippen molar-refractivity contribution >= 4 is 35.0 Å². The Kier molecular flexibility index (Phi) is 3.92. The van der Waals surface area contributed by atoms with Gasteiger partial charge in [0, 0.05) is 10.1 Å². The van der Waals surface area contributed by atoms with E-state index in [1.807, 2.05) is 23.9 Å². The molecule has 0 saturated heterocycles. The highest BCUT2D eigenvalue weighted by atomic mass is 35.5. The standard InChI is InChI=1S/C15H12Cl2OS/c16-12-5-3-6-13(15(12)17)18-9-11-8-10-4-1-2-7-14(10)19-11/h1-7,11H,8-9H2. The van der Waals surface area contributed by atoms with Crippen LogP contribution in [0.4, 0.5) is 0 Å². The molecule has 2 aromatic rings. The quantitative estimate of drug-likeness (QED) is 0.781. The van der Waals surface area contributed by atoms with Crippen molar-refractivity contribution in [2.24, 2.45) is 0 Å². The molecule has 0 aliphatic carbocycles. The van der Waals surface area contributed by atoms with Gasteiger partial charge < -0.3 is 4.74 Å². The highest BCUT2D eigenvalue weighted by molar-refractivity contribution is 8.00. The van der Waals surface area contributed by atoms with Crippen LogP contribution in [0.25, 0.3) is 0 Å². The molecule has 98 valence electrons. The van der Waals surface area contributed by atoms with E-state index in [9.17, 15) is 0 Å². The molecule has 4 heteroatoms. The van der Waals surface area contributed by atoms with Crippen molar-refractivity contribution in [2.45, 2.75) is 16.6 Å². The summed E-state index contributed by atoms with van der Waals surface area (Å²) in [5, 5.41) is 1.46.